The van der Waals surface area contributed by atoms with Crippen LogP contribution < -0.4 is 16.4 Å². The molecule has 5 nitrogen and oxygen atoms in total. The molecule has 0 aliphatic heterocycles. The highest BCUT2D eigenvalue weighted by atomic mass is 79.9. The maximum atomic E-state index is 11.5. The maximum Gasteiger partial charge on any atom is 0.318 e. The van der Waals surface area contributed by atoms with Crippen LogP contribution in [-0.4, -0.2) is 18.0 Å². The first kappa shape index (κ1) is 13.5. The van der Waals surface area contributed by atoms with Crippen molar-refractivity contribution in [2.45, 2.75) is 19.9 Å². The van der Waals surface area contributed by atoms with Gasteiger partial charge in [-0.3, -0.25) is 10.1 Å². The third-order valence-electron chi connectivity index (χ3n) is 2.21. The van der Waals surface area contributed by atoms with Crippen LogP contribution in [0, 0.1) is 6.92 Å². The average molecular weight is 300 g/mol. The number of nitrogens with one attached hydrogen (secondary N) is 2. The molecule has 0 aromatic heterocycles. The molecule has 0 spiro atoms. The summed E-state index contributed by atoms with van der Waals surface area (Å²) in [6.07, 6.45) is 0. The number of benzene rings is 1. The first-order valence-electron chi connectivity index (χ1n) is 5.03. The monoisotopic (exact) mass is 299 g/mol. The second-order valence-corrected chi connectivity index (χ2v) is 4.59. The molecular weight excluding hydrogens is 286 g/mol. The molecule has 6 heteroatoms. The first-order valence-corrected chi connectivity index (χ1v) is 5.82. The van der Waals surface area contributed by atoms with Gasteiger partial charge < -0.3 is 11.1 Å². The summed E-state index contributed by atoms with van der Waals surface area (Å²) in [7, 11) is 0. The van der Waals surface area contributed by atoms with Crippen LogP contribution in [0.2, 0.25) is 0 Å². The molecule has 0 aliphatic carbocycles. The van der Waals surface area contributed by atoms with Crippen molar-refractivity contribution in [1.29, 1.82) is 0 Å². The zero-order valence-corrected chi connectivity index (χ0v) is 11.2. The minimum absolute atomic E-state index is 0.461. The topological polar surface area (TPSA) is 84.2 Å². The van der Waals surface area contributed by atoms with Crippen molar-refractivity contribution in [2.24, 2.45) is 5.73 Å². The summed E-state index contributed by atoms with van der Waals surface area (Å²) in [6, 6.07) is 4.30. The number of anilines is 1. The number of carbonyl (C=O) groups is 2. The van der Waals surface area contributed by atoms with Crippen LogP contribution in [0.5, 0.6) is 0 Å². The number of amides is 3. The number of rotatable bonds is 3. The molecule has 4 N–H and O–H groups in total. The van der Waals surface area contributed by atoms with E-state index in [1.54, 1.807) is 6.92 Å². The predicted octanol–water partition coefficient (Wildman–Crippen LogP) is 1.75. The zero-order chi connectivity index (χ0) is 13.0. The van der Waals surface area contributed by atoms with Gasteiger partial charge in [0.2, 0.25) is 5.91 Å². The van der Waals surface area contributed by atoms with Crippen LogP contribution in [0.1, 0.15) is 12.5 Å². The number of hydrogen-bond donors (Lipinski definition) is 3. The molecule has 0 saturated heterocycles. The van der Waals surface area contributed by atoms with Gasteiger partial charge in [-0.2, -0.15) is 0 Å². The molecule has 1 atom stereocenters. The van der Waals surface area contributed by atoms with Gasteiger partial charge in [-0.1, -0.05) is 22.0 Å². The SMILES string of the molecule is Cc1ccc(Br)cc1NC(C)C(=O)NC(N)=O. The lowest BCUT2D eigenvalue weighted by molar-refractivity contribution is -0.120. The second kappa shape index (κ2) is 5.67. The normalized spacial score (nSPS) is 11.7. The maximum absolute atomic E-state index is 11.5. The van der Waals surface area contributed by atoms with E-state index in [0.717, 1.165) is 15.7 Å². The molecule has 0 fully saturated rings. The average Bonchev–Trinajstić information content (AvgIpc) is 2.22. The van der Waals surface area contributed by atoms with E-state index in [4.69, 9.17) is 5.73 Å². The quantitative estimate of drug-likeness (QED) is 0.795. The molecule has 92 valence electrons. The molecule has 1 aromatic rings. The van der Waals surface area contributed by atoms with E-state index in [0.29, 0.717) is 0 Å². The fourth-order valence-corrected chi connectivity index (χ4v) is 1.64. The highest BCUT2D eigenvalue weighted by molar-refractivity contribution is 9.10. The van der Waals surface area contributed by atoms with Gasteiger partial charge in [-0.25, -0.2) is 4.79 Å². The molecule has 1 unspecified atom stereocenters. The van der Waals surface area contributed by atoms with Crippen molar-refractivity contribution in [2.75, 3.05) is 5.32 Å². The molecule has 0 saturated carbocycles. The Morgan fingerprint density at radius 1 is 1.41 bits per heavy atom. The van der Waals surface area contributed by atoms with E-state index < -0.39 is 18.0 Å². The lowest BCUT2D eigenvalue weighted by atomic mass is 10.2. The van der Waals surface area contributed by atoms with Crippen LogP contribution >= 0.6 is 15.9 Å². The minimum Gasteiger partial charge on any atom is -0.374 e. The Balaban J connectivity index is 2.73. The molecule has 0 heterocycles. The highest BCUT2D eigenvalue weighted by Crippen LogP contribution is 2.21. The van der Waals surface area contributed by atoms with Crippen LogP contribution in [0.3, 0.4) is 0 Å². The van der Waals surface area contributed by atoms with E-state index in [1.165, 1.54) is 0 Å². The number of imide groups is 1. The predicted molar refractivity (Wildman–Crippen MR) is 69.7 cm³/mol. The molecule has 0 radical (unpaired) electrons. The van der Waals surface area contributed by atoms with Crippen LogP contribution in [0.15, 0.2) is 22.7 Å². The van der Waals surface area contributed by atoms with E-state index in [2.05, 4.69) is 21.2 Å². The highest BCUT2D eigenvalue weighted by Gasteiger charge is 2.14. The van der Waals surface area contributed by atoms with Crippen molar-refractivity contribution in [3.8, 4) is 0 Å². The largest absolute Gasteiger partial charge is 0.374 e. The fourth-order valence-electron chi connectivity index (χ4n) is 1.28. The minimum atomic E-state index is -0.852. The number of aryl methyl sites for hydroxylation is 1. The first-order chi connectivity index (χ1) is 7.90. The van der Waals surface area contributed by atoms with Crippen molar-refractivity contribution in [3.05, 3.63) is 28.2 Å². The van der Waals surface area contributed by atoms with Gasteiger partial charge in [0.15, 0.2) is 0 Å². The summed E-state index contributed by atoms with van der Waals surface area (Å²) in [5, 5.41) is 5.03. The summed E-state index contributed by atoms with van der Waals surface area (Å²) < 4.78 is 0.910. The van der Waals surface area contributed by atoms with Gasteiger partial charge in [0.1, 0.15) is 6.04 Å². The van der Waals surface area contributed by atoms with Crippen LogP contribution in [0.25, 0.3) is 0 Å². The van der Waals surface area contributed by atoms with E-state index in [1.807, 2.05) is 30.4 Å². The van der Waals surface area contributed by atoms with Gasteiger partial charge in [-0.15, -0.1) is 0 Å². The fraction of sp³-hybridized carbons (Fsp3) is 0.273. The number of primary amides is 1. The van der Waals surface area contributed by atoms with Crippen LogP contribution in [-0.2, 0) is 4.79 Å². The summed E-state index contributed by atoms with van der Waals surface area (Å²) in [4.78, 5) is 22.0. The van der Waals surface area contributed by atoms with E-state index in [-0.39, 0.29) is 0 Å². The summed E-state index contributed by atoms with van der Waals surface area (Å²) in [5.74, 6) is -0.461. The van der Waals surface area contributed by atoms with Crippen molar-refractivity contribution in [1.82, 2.24) is 5.32 Å². The number of carbonyl (C=O) groups excluding carboxylic acids is 2. The molecule has 1 aromatic carbocycles. The Hall–Kier alpha value is -1.56. The van der Waals surface area contributed by atoms with Crippen LogP contribution in [0.4, 0.5) is 10.5 Å². The summed E-state index contributed by atoms with van der Waals surface area (Å²) in [6.45, 7) is 3.58. The second-order valence-electron chi connectivity index (χ2n) is 3.68. The smallest absolute Gasteiger partial charge is 0.318 e. The van der Waals surface area contributed by atoms with Gasteiger partial charge >= 0.3 is 6.03 Å². The Labute approximate surface area is 108 Å². The Bertz CT molecular complexity index is 448. The van der Waals surface area contributed by atoms with Crippen molar-refractivity contribution in [3.63, 3.8) is 0 Å². The van der Waals surface area contributed by atoms with Gasteiger partial charge in [0.05, 0.1) is 0 Å². The lowest BCUT2D eigenvalue weighted by Gasteiger charge is -2.16. The van der Waals surface area contributed by atoms with Gasteiger partial charge in [0.25, 0.3) is 0 Å². The molecule has 1 rings (SSSR count). The summed E-state index contributed by atoms with van der Waals surface area (Å²) >= 11 is 3.35. The Morgan fingerprint density at radius 2 is 2.06 bits per heavy atom. The molecule has 0 bridgehead atoms. The van der Waals surface area contributed by atoms with Gasteiger partial charge in [0, 0.05) is 10.2 Å². The third-order valence-corrected chi connectivity index (χ3v) is 2.70. The molecule has 0 aliphatic rings. The number of hydrogen-bond acceptors (Lipinski definition) is 3. The number of halogens is 1. The lowest BCUT2D eigenvalue weighted by Crippen LogP contribution is -2.43. The molecular formula is C11H14BrN3O2. The van der Waals surface area contributed by atoms with E-state index in [9.17, 15) is 9.59 Å². The summed E-state index contributed by atoms with van der Waals surface area (Å²) in [5.41, 5.74) is 6.70. The van der Waals surface area contributed by atoms with Crippen molar-refractivity contribution < 1.29 is 9.59 Å². The molecule has 3 amide bonds. The Morgan fingerprint density at radius 3 is 2.65 bits per heavy atom. The Kier molecular flexibility index (Phi) is 4.51. The number of urea groups is 1. The standard InChI is InChI=1S/C11H14BrN3O2/c1-6-3-4-8(12)5-9(6)14-7(2)10(16)15-11(13)17/h3-5,7,14H,1-2H3,(H3,13,15,16,17). The van der Waals surface area contributed by atoms with Gasteiger partial charge in [-0.05, 0) is 31.5 Å². The molecule has 17 heavy (non-hydrogen) atoms. The zero-order valence-electron chi connectivity index (χ0n) is 9.58. The third kappa shape index (κ3) is 4.07. The number of nitrogens with two attached hydrogens (primary N) is 1. The van der Waals surface area contributed by atoms with Crippen molar-refractivity contribution >= 4 is 33.6 Å². The van der Waals surface area contributed by atoms with E-state index >= 15 is 0 Å².